The molecule has 2 aromatic carbocycles. The van der Waals surface area contributed by atoms with Crippen LogP contribution in [0.3, 0.4) is 0 Å². The minimum Gasteiger partial charge on any atom is -0.310 e. The van der Waals surface area contributed by atoms with Crippen LogP contribution in [0.1, 0.15) is 49.1 Å². The van der Waals surface area contributed by atoms with Crippen LogP contribution in [0.15, 0.2) is 60.7 Å². The number of rotatable bonds is 7. The van der Waals surface area contributed by atoms with Crippen molar-refractivity contribution in [1.82, 2.24) is 10.6 Å². The third-order valence-electron chi connectivity index (χ3n) is 6.02. The van der Waals surface area contributed by atoms with Gasteiger partial charge >= 0.3 is 0 Å². The second-order valence-electron chi connectivity index (χ2n) is 8.03. The first-order valence-electron chi connectivity index (χ1n) is 9.96. The SMILES string of the molecule is FC1(CNC2CC2c2ccccc2)CCC(NCc2ccccc2)CC1. The monoisotopic (exact) mass is 352 g/mol. The maximum Gasteiger partial charge on any atom is 0.123 e. The lowest BCUT2D eigenvalue weighted by atomic mass is 9.83. The van der Waals surface area contributed by atoms with Gasteiger partial charge < -0.3 is 10.6 Å². The first-order chi connectivity index (χ1) is 12.7. The van der Waals surface area contributed by atoms with Crippen molar-refractivity contribution in [3.8, 4) is 0 Å². The minimum absolute atomic E-state index is 0.442. The van der Waals surface area contributed by atoms with Gasteiger partial charge in [0.15, 0.2) is 0 Å². The van der Waals surface area contributed by atoms with E-state index in [-0.39, 0.29) is 0 Å². The Morgan fingerprint density at radius 2 is 1.54 bits per heavy atom. The summed E-state index contributed by atoms with van der Waals surface area (Å²) in [4.78, 5) is 0. The van der Waals surface area contributed by atoms with Gasteiger partial charge in [0.2, 0.25) is 0 Å². The molecule has 2 aliphatic carbocycles. The van der Waals surface area contributed by atoms with E-state index in [1.54, 1.807) is 0 Å². The van der Waals surface area contributed by atoms with Crippen molar-refractivity contribution in [3.05, 3.63) is 71.8 Å². The van der Waals surface area contributed by atoms with E-state index in [9.17, 15) is 0 Å². The Kier molecular flexibility index (Phi) is 5.37. The highest BCUT2D eigenvalue weighted by Crippen LogP contribution is 2.41. The number of benzene rings is 2. The van der Waals surface area contributed by atoms with E-state index in [0.29, 0.717) is 37.4 Å². The first-order valence-corrected chi connectivity index (χ1v) is 9.96. The molecule has 0 heterocycles. The third-order valence-corrected chi connectivity index (χ3v) is 6.02. The molecule has 0 aliphatic heterocycles. The predicted molar refractivity (Wildman–Crippen MR) is 105 cm³/mol. The van der Waals surface area contributed by atoms with Crippen LogP contribution >= 0.6 is 0 Å². The number of hydrogen-bond donors (Lipinski definition) is 2. The Morgan fingerprint density at radius 3 is 2.23 bits per heavy atom. The van der Waals surface area contributed by atoms with Crippen molar-refractivity contribution in [2.24, 2.45) is 0 Å². The fraction of sp³-hybridized carbons (Fsp3) is 0.478. The molecule has 0 aromatic heterocycles. The van der Waals surface area contributed by atoms with E-state index in [1.165, 1.54) is 11.1 Å². The summed E-state index contributed by atoms with van der Waals surface area (Å²) in [5.41, 5.74) is 1.65. The van der Waals surface area contributed by atoms with Gasteiger partial charge in [0.1, 0.15) is 5.67 Å². The molecule has 2 unspecified atom stereocenters. The smallest absolute Gasteiger partial charge is 0.123 e. The molecule has 0 bridgehead atoms. The molecule has 0 amide bonds. The zero-order valence-corrected chi connectivity index (χ0v) is 15.3. The number of nitrogens with one attached hydrogen (secondary N) is 2. The fourth-order valence-corrected chi connectivity index (χ4v) is 4.18. The van der Waals surface area contributed by atoms with Gasteiger partial charge in [-0.3, -0.25) is 0 Å². The van der Waals surface area contributed by atoms with E-state index in [2.05, 4.69) is 65.2 Å². The lowest BCUT2D eigenvalue weighted by Crippen LogP contribution is -2.44. The molecule has 2 aliphatic rings. The molecule has 2 N–H and O–H groups in total. The standard InChI is InChI=1S/C23H29FN2/c24-23(17-26-22-15-21(22)19-9-5-2-6-10-19)13-11-20(12-14-23)25-16-18-7-3-1-4-8-18/h1-10,20-22,25-26H,11-17H2. The Morgan fingerprint density at radius 1 is 0.885 bits per heavy atom. The average Bonchev–Trinajstić information content (AvgIpc) is 3.48. The second-order valence-corrected chi connectivity index (χ2v) is 8.03. The summed E-state index contributed by atoms with van der Waals surface area (Å²) in [5, 5.41) is 7.09. The molecular weight excluding hydrogens is 323 g/mol. The third kappa shape index (κ3) is 4.52. The summed E-state index contributed by atoms with van der Waals surface area (Å²) >= 11 is 0. The topological polar surface area (TPSA) is 24.1 Å². The van der Waals surface area contributed by atoms with E-state index in [4.69, 9.17) is 0 Å². The maximum absolute atomic E-state index is 15.1. The number of halogens is 1. The molecule has 2 fully saturated rings. The van der Waals surface area contributed by atoms with Crippen molar-refractivity contribution in [1.29, 1.82) is 0 Å². The van der Waals surface area contributed by atoms with Crippen LogP contribution in [-0.4, -0.2) is 24.3 Å². The summed E-state index contributed by atoms with van der Waals surface area (Å²) in [6.07, 6.45) is 4.32. The Balaban J connectivity index is 1.18. The van der Waals surface area contributed by atoms with Gasteiger partial charge in [-0.25, -0.2) is 4.39 Å². The Hall–Kier alpha value is -1.71. The highest BCUT2D eigenvalue weighted by atomic mass is 19.1. The van der Waals surface area contributed by atoms with Crippen LogP contribution < -0.4 is 10.6 Å². The zero-order valence-electron chi connectivity index (χ0n) is 15.3. The van der Waals surface area contributed by atoms with Gasteiger partial charge in [-0.2, -0.15) is 0 Å². The van der Waals surface area contributed by atoms with Gasteiger partial charge in [-0.15, -0.1) is 0 Å². The Labute approximate surface area is 156 Å². The summed E-state index contributed by atoms with van der Waals surface area (Å²) in [7, 11) is 0. The van der Waals surface area contributed by atoms with Gasteiger partial charge in [0, 0.05) is 31.1 Å². The van der Waals surface area contributed by atoms with Crippen molar-refractivity contribution in [2.45, 2.75) is 62.3 Å². The van der Waals surface area contributed by atoms with Crippen molar-refractivity contribution < 1.29 is 4.39 Å². The molecule has 3 heteroatoms. The van der Waals surface area contributed by atoms with Crippen LogP contribution in [0.25, 0.3) is 0 Å². The Bertz CT molecular complexity index is 680. The molecule has 0 spiro atoms. The average molecular weight is 352 g/mol. The lowest BCUT2D eigenvalue weighted by molar-refractivity contribution is 0.0904. The molecule has 2 nitrogen and oxygen atoms in total. The summed E-state index contributed by atoms with van der Waals surface area (Å²) in [6, 6.07) is 21.9. The zero-order chi connectivity index (χ0) is 17.8. The molecule has 2 aromatic rings. The highest BCUT2D eigenvalue weighted by molar-refractivity contribution is 5.27. The van der Waals surface area contributed by atoms with Gasteiger partial charge in [0.05, 0.1) is 0 Å². The molecule has 0 radical (unpaired) electrons. The van der Waals surface area contributed by atoms with Crippen molar-refractivity contribution in [3.63, 3.8) is 0 Å². The van der Waals surface area contributed by atoms with Crippen LogP contribution in [0, 0.1) is 0 Å². The predicted octanol–water partition coefficient (Wildman–Crippen LogP) is 4.57. The van der Waals surface area contributed by atoms with Crippen LogP contribution in [0.2, 0.25) is 0 Å². The molecule has 26 heavy (non-hydrogen) atoms. The molecule has 4 rings (SSSR count). The molecule has 2 atom stereocenters. The summed E-state index contributed by atoms with van der Waals surface area (Å²) in [6.45, 7) is 1.39. The van der Waals surface area contributed by atoms with E-state index in [0.717, 1.165) is 25.8 Å². The largest absolute Gasteiger partial charge is 0.310 e. The second kappa shape index (κ2) is 7.89. The fourth-order valence-electron chi connectivity index (χ4n) is 4.18. The molecular formula is C23H29FN2. The van der Waals surface area contributed by atoms with Gasteiger partial charge in [0.25, 0.3) is 0 Å². The molecule has 2 saturated carbocycles. The lowest BCUT2D eigenvalue weighted by Gasteiger charge is -2.34. The van der Waals surface area contributed by atoms with Crippen LogP contribution in [-0.2, 0) is 6.54 Å². The molecule has 138 valence electrons. The number of alkyl halides is 1. The summed E-state index contributed by atoms with van der Waals surface area (Å²) in [5.74, 6) is 0.573. The van der Waals surface area contributed by atoms with E-state index >= 15 is 4.39 Å². The quantitative estimate of drug-likeness (QED) is 0.762. The van der Waals surface area contributed by atoms with E-state index < -0.39 is 5.67 Å². The van der Waals surface area contributed by atoms with Crippen LogP contribution in [0.4, 0.5) is 4.39 Å². The van der Waals surface area contributed by atoms with Crippen molar-refractivity contribution >= 4 is 0 Å². The van der Waals surface area contributed by atoms with E-state index in [1.807, 2.05) is 6.07 Å². The van der Waals surface area contributed by atoms with Gasteiger partial charge in [-0.05, 0) is 43.2 Å². The van der Waals surface area contributed by atoms with Crippen LogP contribution in [0.5, 0.6) is 0 Å². The summed E-state index contributed by atoms with van der Waals surface area (Å²) < 4.78 is 15.1. The number of hydrogen-bond acceptors (Lipinski definition) is 2. The van der Waals surface area contributed by atoms with Gasteiger partial charge in [-0.1, -0.05) is 60.7 Å². The minimum atomic E-state index is -1.03. The first kappa shape index (κ1) is 17.7. The highest BCUT2D eigenvalue weighted by Gasteiger charge is 2.41. The maximum atomic E-state index is 15.1. The normalized spacial score (nSPS) is 30.9. The molecule has 0 saturated heterocycles. The van der Waals surface area contributed by atoms with Crippen molar-refractivity contribution in [2.75, 3.05) is 6.54 Å².